The van der Waals surface area contributed by atoms with Crippen LogP contribution in [0, 0.1) is 0 Å². The molecule has 3 heterocycles. The Morgan fingerprint density at radius 2 is 1.14 bits per heavy atom. The second kappa shape index (κ2) is 8.96. The van der Waals surface area contributed by atoms with Gasteiger partial charge in [0.2, 0.25) is 0 Å². The number of fused-ring (bicyclic) bond motifs is 12. The normalized spacial score (nSPS) is 12.1. The summed E-state index contributed by atoms with van der Waals surface area (Å²) in [6.07, 6.45) is 0. The minimum absolute atomic E-state index is 0.846. The molecule has 3 aromatic heterocycles. The van der Waals surface area contributed by atoms with Crippen LogP contribution in [0.25, 0.3) is 91.6 Å². The number of nitrogens with zero attached hydrogens (tertiary/aromatic N) is 3. The Morgan fingerprint density at radius 3 is 1.98 bits per heavy atom. The molecule has 0 spiro atoms. The molecule has 0 N–H and O–H groups in total. The molecule has 0 atom stereocenters. The van der Waals surface area contributed by atoms with Gasteiger partial charge in [-0.2, -0.15) is 0 Å². The maximum atomic E-state index is 5.42. The highest BCUT2D eigenvalue weighted by Crippen LogP contribution is 2.48. The second-order valence-corrected chi connectivity index (χ2v) is 12.4. The van der Waals surface area contributed by atoms with Gasteiger partial charge in [0.05, 0.1) is 26.8 Å². The van der Waals surface area contributed by atoms with E-state index >= 15 is 0 Å². The van der Waals surface area contributed by atoms with E-state index in [1.165, 1.54) is 58.0 Å². The quantitative estimate of drug-likeness (QED) is 0.205. The summed E-state index contributed by atoms with van der Waals surface area (Å²) in [6, 6.07) is 49.7. The van der Waals surface area contributed by atoms with Gasteiger partial charge in [-0.05, 0) is 51.9 Å². The first kappa shape index (κ1) is 23.9. The third-order valence-electron chi connectivity index (χ3n) is 8.94. The molecular weight excluding hydrogens is 555 g/mol. The van der Waals surface area contributed by atoms with E-state index in [-0.39, 0.29) is 0 Å². The van der Waals surface area contributed by atoms with Crippen LogP contribution in [0.5, 0.6) is 0 Å². The van der Waals surface area contributed by atoms with Crippen LogP contribution in [-0.2, 0) is 0 Å². The van der Waals surface area contributed by atoms with Crippen LogP contribution < -0.4 is 0 Å². The van der Waals surface area contributed by atoms with Crippen molar-refractivity contribution < 1.29 is 0 Å². The summed E-state index contributed by atoms with van der Waals surface area (Å²) in [5.41, 5.74) is 6.01. The van der Waals surface area contributed by atoms with Gasteiger partial charge in [-0.15, -0.1) is 11.3 Å². The van der Waals surface area contributed by atoms with Gasteiger partial charge in [-0.25, -0.2) is 9.97 Å². The molecule has 0 aliphatic heterocycles. The topological polar surface area (TPSA) is 30.7 Å². The first-order valence-electron chi connectivity index (χ1n) is 14.8. The highest BCUT2D eigenvalue weighted by atomic mass is 32.1. The molecule has 10 rings (SSSR count). The summed E-state index contributed by atoms with van der Waals surface area (Å²) in [5, 5.41) is 10.0. The third kappa shape index (κ3) is 3.26. The van der Waals surface area contributed by atoms with Gasteiger partial charge in [0.1, 0.15) is 5.69 Å². The number of thiophene rings is 1. The lowest BCUT2D eigenvalue weighted by Gasteiger charge is -2.15. The Kier molecular flexibility index (Phi) is 4.87. The molecule has 0 saturated heterocycles. The Hall–Kier alpha value is -5.58. The van der Waals surface area contributed by atoms with Crippen molar-refractivity contribution in [3.05, 3.63) is 140 Å². The van der Waals surface area contributed by atoms with Gasteiger partial charge in [-0.1, -0.05) is 109 Å². The molecule has 44 heavy (non-hydrogen) atoms. The first-order chi connectivity index (χ1) is 21.8. The summed E-state index contributed by atoms with van der Waals surface area (Å²) in [4.78, 5) is 10.7. The van der Waals surface area contributed by atoms with Gasteiger partial charge < -0.3 is 0 Å². The van der Waals surface area contributed by atoms with Crippen molar-refractivity contribution >= 4 is 85.9 Å². The summed E-state index contributed by atoms with van der Waals surface area (Å²) in [6.45, 7) is 0. The van der Waals surface area contributed by atoms with Crippen molar-refractivity contribution in [3.8, 4) is 17.1 Å². The number of para-hydroxylation sites is 3. The van der Waals surface area contributed by atoms with E-state index in [2.05, 4.69) is 132 Å². The average Bonchev–Trinajstić information content (AvgIpc) is 3.64. The Labute approximate surface area is 256 Å². The van der Waals surface area contributed by atoms with Crippen LogP contribution in [0.1, 0.15) is 0 Å². The number of hydrogen-bond donors (Lipinski definition) is 0. The molecule has 0 aliphatic carbocycles. The molecule has 0 radical (unpaired) electrons. The summed E-state index contributed by atoms with van der Waals surface area (Å²) < 4.78 is 4.95. The van der Waals surface area contributed by atoms with E-state index in [9.17, 15) is 0 Å². The molecule has 7 aromatic carbocycles. The van der Waals surface area contributed by atoms with E-state index in [0.717, 1.165) is 33.6 Å². The molecule has 0 fully saturated rings. The van der Waals surface area contributed by atoms with Crippen molar-refractivity contribution in [1.29, 1.82) is 0 Å². The Balaban J connectivity index is 1.45. The molecule has 0 aliphatic rings. The van der Waals surface area contributed by atoms with Crippen LogP contribution in [0.15, 0.2) is 140 Å². The zero-order valence-corrected chi connectivity index (χ0v) is 24.3. The van der Waals surface area contributed by atoms with Gasteiger partial charge in [0.25, 0.3) is 0 Å². The van der Waals surface area contributed by atoms with Crippen LogP contribution in [0.3, 0.4) is 0 Å². The molecular formula is C40H23N3S. The van der Waals surface area contributed by atoms with E-state index in [1.807, 2.05) is 23.5 Å². The molecule has 0 bridgehead atoms. The zero-order chi connectivity index (χ0) is 28.8. The lowest BCUT2D eigenvalue weighted by molar-refractivity contribution is 1.08. The fourth-order valence-electron chi connectivity index (χ4n) is 7.02. The number of rotatable bonds is 2. The van der Waals surface area contributed by atoms with Crippen LogP contribution in [0.4, 0.5) is 0 Å². The Morgan fingerprint density at radius 1 is 0.500 bits per heavy atom. The van der Waals surface area contributed by atoms with Crippen LogP contribution in [-0.4, -0.2) is 14.5 Å². The van der Waals surface area contributed by atoms with Gasteiger partial charge in [-0.3, -0.25) is 4.57 Å². The largest absolute Gasteiger partial charge is 0.290 e. The molecule has 3 nitrogen and oxygen atoms in total. The minimum Gasteiger partial charge on any atom is -0.290 e. The third-order valence-corrected chi connectivity index (χ3v) is 10.1. The van der Waals surface area contributed by atoms with Gasteiger partial charge in [0, 0.05) is 31.8 Å². The summed E-state index contributed by atoms with van der Waals surface area (Å²) in [5.74, 6) is 0.846. The van der Waals surface area contributed by atoms with Crippen molar-refractivity contribution in [2.75, 3.05) is 0 Å². The first-order valence-corrected chi connectivity index (χ1v) is 15.7. The van der Waals surface area contributed by atoms with Crippen LogP contribution >= 0.6 is 11.3 Å². The fourth-order valence-corrected chi connectivity index (χ4v) is 8.28. The second-order valence-electron chi connectivity index (χ2n) is 11.4. The number of aromatic nitrogens is 3. The molecule has 0 saturated carbocycles. The average molecular weight is 578 g/mol. The number of benzene rings is 7. The number of hydrogen-bond acceptors (Lipinski definition) is 3. The van der Waals surface area contributed by atoms with Gasteiger partial charge in [0.15, 0.2) is 5.82 Å². The van der Waals surface area contributed by atoms with E-state index in [0.29, 0.717) is 0 Å². The zero-order valence-electron chi connectivity index (χ0n) is 23.5. The van der Waals surface area contributed by atoms with Crippen molar-refractivity contribution in [1.82, 2.24) is 14.5 Å². The summed E-state index contributed by atoms with van der Waals surface area (Å²) in [7, 11) is 0. The fraction of sp³-hybridized carbons (Fsp3) is 0. The van der Waals surface area contributed by atoms with Crippen LogP contribution in [0.2, 0.25) is 0 Å². The molecule has 204 valence electrons. The monoisotopic (exact) mass is 577 g/mol. The minimum atomic E-state index is 0.846. The van der Waals surface area contributed by atoms with Gasteiger partial charge >= 0.3 is 0 Å². The van der Waals surface area contributed by atoms with E-state index < -0.39 is 0 Å². The van der Waals surface area contributed by atoms with Crippen molar-refractivity contribution in [2.24, 2.45) is 0 Å². The predicted octanol–water partition coefficient (Wildman–Crippen LogP) is 11.1. The van der Waals surface area contributed by atoms with Crippen molar-refractivity contribution in [2.45, 2.75) is 0 Å². The molecule has 10 aromatic rings. The maximum absolute atomic E-state index is 5.42. The SMILES string of the molecule is c1ccc2cc(-c3nc4ccccc4nc3-n3c4ccccc4c4c5ccccc5c5c6ccccc6sc5c43)ccc2c1. The Bertz CT molecular complexity index is 2790. The van der Waals surface area contributed by atoms with E-state index in [4.69, 9.17) is 9.97 Å². The predicted molar refractivity (Wildman–Crippen MR) is 187 cm³/mol. The van der Waals surface area contributed by atoms with E-state index in [1.54, 1.807) is 0 Å². The lowest BCUT2D eigenvalue weighted by atomic mass is 9.99. The molecule has 0 unspecified atom stereocenters. The highest BCUT2D eigenvalue weighted by Gasteiger charge is 2.24. The molecule has 0 amide bonds. The molecule has 4 heteroatoms. The van der Waals surface area contributed by atoms with Crippen molar-refractivity contribution in [3.63, 3.8) is 0 Å². The maximum Gasteiger partial charge on any atom is 0.165 e. The highest BCUT2D eigenvalue weighted by molar-refractivity contribution is 7.27. The lowest BCUT2D eigenvalue weighted by Crippen LogP contribution is -2.04. The standard InChI is InChI=1S/C40H23N3S/c1-2-12-25-23-26(22-21-24(25)11-1)37-40(42-32-18-8-7-17-31(32)41-37)43-33-19-9-5-15-29(33)35-27-13-3-4-14-28(27)36-30-16-6-10-20-34(30)44-39(36)38(35)43/h1-23H. The summed E-state index contributed by atoms with van der Waals surface area (Å²) >= 11 is 1.87. The smallest absolute Gasteiger partial charge is 0.165 e.